The minimum atomic E-state index is -4.64. The van der Waals surface area contributed by atoms with E-state index < -0.39 is 26.7 Å². The first-order chi connectivity index (χ1) is 13.7. The van der Waals surface area contributed by atoms with Crippen LogP contribution >= 0.6 is 0 Å². The molecule has 0 aliphatic heterocycles. The van der Waals surface area contributed by atoms with E-state index in [0.717, 1.165) is 18.2 Å². The van der Waals surface area contributed by atoms with Crippen molar-refractivity contribution < 1.29 is 26.3 Å². The van der Waals surface area contributed by atoms with E-state index in [0.29, 0.717) is 29.8 Å². The molecule has 0 unspecified atom stereocenters. The second-order valence-corrected chi connectivity index (χ2v) is 7.58. The molecule has 3 aromatic rings. The van der Waals surface area contributed by atoms with Crippen molar-refractivity contribution in [3.05, 3.63) is 66.2 Å². The van der Waals surface area contributed by atoms with Gasteiger partial charge < -0.3 is 4.74 Å². The van der Waals surface area contributed by atoms with Gasteiger partial charge in [-0.25, -0.2) is 8.42 Å². The molecule has 0 radical (unpaired) electrons. The summed E-state index contributed by atoms with van der Waals surface area (Å²) in [5.74, 6) is 0.359. The Balaban J connectivity index is 1.86. The quantitative estimate of drug-likeness (QED) is 0.637. The molecule has 6 nitrogen and oxygen atoms in total. The van der Waals surface area contributed by atoms with E-state index in [9.17, 15) is 21.6 Å². The molecule has 1 N–H and O–H groups in total. The number of aromatic nitrogens is 2. The van der Waals surface area contributed by atoms with Gasteiger partial charge in [-0.05, 0) is 43.3 Å². The Hall–Kier alpha value is -3.14. The van der Waals surface area contributed by atoms with Gasteiger partial charge in [0.2, 0.25) is 5.88 Å². The van der Waals surface area contributed by atoms with E-state index in [-0.39, 0.29) is 5.69 Å². The van der Waals surface area contributed by atoms with E-state index in [2.05, 4.69) is 14.9 Å². The van der Waals surface area contributed by atoms with E-state index >= 15 is 0 Å². The molecular formula is C19H16F3N3O3S. The highest BCUT2D eigenvalue weighted by Crippen LogP contribution is 2.31. The van der Waals surface area contributed by atoms with Crippen LogP contribution in [-0.2, 0) is 16.2 Å². The van der Waals surface area contributed by atoms with Gasteiger partial charge >= 0.3 is 6.18 Å². The van der Waals surface area contributed by atoms with Crippen molar-refractivity contribution in [3.8, 4) is 17.1 Å². The van der Waals surface area contributed by atoms with Gasteiger partial charge in [0, 0.05) is 17.3 Å². The van der Waals surface area contributed by atoms with Gasteiger partial charge in [-0.15, -0.1) is 10.2 Å². The van der Waals surface area contributed by atoms with Gasteiger partial charge in [0.1, 0.15) is 0 Å². The summed E-state index contributed by atoms with van der Waals surface area (Å²) < 4.78 is 71.1. The number of sulfonamides is 1. The van der Waals surface area contributed by atoms with E-state index in [4.69, 9.17) is 4.74 Å². The van der Waals surface area contributed by atoms with Crippen LogP contribution < -0.4 is 9.46 Å². The number of hydrogen-bond acceptors (Lipinski definition) is 5. The number of rotatable bonds is 6. The standard InChI is InChI=1S/C19H16F3N3O3S/c1-2-28-18-10-9-17(23-24-18)13-5-3-7-15(11-13)25-29(26,27)16-8-4-6-14(12-16)19(20,21)22/h3-12,25H,2H2,1H3. The lowest BCUT2D eigenvalue weighted by molar-refractivity contribution is -0.137. The zero-order valence-corrected chi connectivity index (χ0v) is 16.0. The number of alkyl halides is 3. The first-order valence-corrected chi connectivity index (χ1v) is 9.94. The third-order valence-electron chi connectivity index (χ3n) is 3.81. The van der Waals surface area contributed by atoms with Crippen molar-refractivity contribution in [2.75, 3.05) is 11.3 Å². The summed E-state index contributed by atoms with van der Waals surface area (Å²) in [4.78, 5) is -0.487. The van der Waals surface area contributed by atoms with Crippen LogP contribution in [0.1, 0.15) is 12.5 Å². The molecule has 29 heavy (non-hydrogen) atoms. The van der Waals surface area contributed by atoms with E-state index in [1.165, 1.54) is 12.1 Å². The number of ether oxygens (including phenoxy) is 1. The monoisotopic (exact) mass is 423 g/mol. The molecule has 0 spiro atoms. The Bertz CT molecular complexity index is 1100. The minimum absolute atomic E-state index is 0.176. The number of benzene rings is 2. The molecule has 0 aliphatic rings. The van der Waals surface area contributed by atoms with Crippen LogP contribution in [0.25, 0.3) is 11.3 Å². The molecule has 152 valence electrons. The molecule has 1 aromatic heterocycles. The van der Waals surface area contributed by atoms with Gasteiger partial charge in [-0.3, -0.25) is 4.72 Å². The van der Waals surface area contributed by atoms with E-state index in [1.807, 2.05) is 6.92 Å². The zero-order valence-electron chi connectivity index (χ0n) is 15.1. The third-order valence-corrected chi connectivity index (χ3v) is 5.19. The maximum absolute atomic E-state index is 12.9. The molecule has 10 heteroatoms. The van der Waals surface area contributed by atoms with Gasteiger partial charge in [0.25, 0.3) is 10.0 Å². The van der Waals surface area contributed by atoms with Crippen molar-refractivity contribution in [3.63, 3.8) is 0 Å². The van der Waals surface area contributed by atoms with Gasteiger partial charge in [0.15, 0.2) is 0 Å². The molecule has 1 heterocycles. The maximum Gasteiger partial charge on any atom is 0.416 e. The van der Waals surface area contributed by atoms with Gasteiger partial charge in [-0.2, -0.15) is 13.2 Å². The smallest absolute Gasteiger partial charge is 0.416 e. The number of nitrogens with one attached hydrogen (secondary N) is 1. The Morgan fingerprint density at radius 1 is 1.00 bits per heavy atom. The first-order valence-electron chi connectivity index (χ1n) is 8.46. The van der Waals surface area contributed by atoms with Crippen molar-refractivity contribution in [1.82, 2.24) is 10.2 Å². The van der Waals surface area contributed by atoms with Crippen LogP contribution in [0.15, 0.2) is 65.6 Å². The van der Waals surface area contributed by atoms with Crippen LogP contribution in [0.2, 0.25) is 0 Å². The first kappa shape index (κ1) is 20.6. The summed E-state index contributed by atoms with van der Waals surface area (Å²) in [7, 11) is -4.22. The number of anilines is 1. The second kappa shape index (κ2) is 8.08. The van der Waals surface area contributed by atoms with Crippen molar-refractivity contribution in [2.24, 2.45) is 0 Å². The Morgan fingerprint density at radius 3 is 2.41 bits per heavy atom. The number of halogens is 3. The molecule has 2 aromatic carbocycles. The molecule has 0 amide bonds. The molecule has 0 aliphatic carbocycles. The summed E-state index contributed by atoms with van der Waals surface area (Å²) >= 11 is 0. The average molecular weight is 423 g/mol. The summed E-state index contributed by atoms with van der Waals surface area (Å²) in [6, 6.07) is 13.1. The lowest BCUT2D eigenvalue weighted by Gasteiger charge is -2.12. The van der Waals surface area contributed by atoms with E-state index in [1.54, 1.807) is 24.3 Å². The lowest BCUT2D eigenvalue weighted by Crippen LogP contribution is -2.14. The van der Waals surface area contributed by atoms with Crippen molar-refractivity contribution in [1.29, 1.82) is 0 Å². The predicted molar refractivity (Wildman–Crippen MR) is 101 cm³/mol. The Kier molecular flexibility index (Phi) is 5.73. The Morgan fingerprint density at radius 2 is 1.76 bits per heavy atom. The molecule has 0 saturated heterocycles. The fraction of sp³-hybridized carbons (Fsp3) is 0.158. The number of nitrogens with zero attached hydrogens (tertiary/aromatic N) is 2. The van der Waals surface area contributed by atoms with Crippen LogP contribution in [0.5, 0.6) is 5.88 Å². The molecule has 0 bridgehead atoms. The normalized spacial score (nSPS) is 11.9. The number of hydrogen-bond donors (Lipinski definition) is 1. The average Bonchev–Trinajstić information content (AvgIpc) is 2.68. The second-order valence-electron chi connectivity index (χ2n) is 5.90. The molecule has 0 atom stereocenters. The van der Waals surface area contributed by atoms with Crippen molar-refractivity contribution >= 4 is 15.7 Å². The third kappa shape index (κ3) is 5.02. The highest BCUT2D eigenvalue weighted by atomic mass is 32.2. The predicted octanol–water partition coefficient (Wildman–Crippen LogP) is 4.36. The molecular weight excluding hydrogens is 407 g/mol. The molecule has 3 rings (SSSR count). The zero-order chi connectivity index (χ0) is 21.1. The minimum Gasteiger partial charge on any atom is -0.477 e. The summed E-state index contributed by atoms with van der Waals surface area (Å²) in [6.07, 6.45) is -4.64. The lowest BCUT2D eigenvalue weighted by atomic mass is 10.1. The van der Waals surface area contributed by atoms with Crippen LogP contribution in [0.3, 0.4) is 0 Å². The summed E-state index contributed by atoms with van der Waals surface area (Å²) in [5, 5.41) is 7.94. The highest BCUT2D eigenvalue weighted by Gasteiger charge is 2.31. The molecule has 0 saturated carbocycles. The van der Waals surface area contributed by atoms with Gasteiger partial charge in [-0.1, -0.05) is 18.2 Å². The van der Waals surface area contributed by atoms with Gasteiger partial charge in [0.05, 0.1) is 22.8 Å². The highest BCUT2D eigenvalue weighted by molar-refractivity contribution is 7.92. The fourth-order valence-electron chi connectivity index (χ4n) is 2.49. The summed E-state index contributed by atoms with van der Waals surface area (Å²) in [6.45, 7) is 2.26. The van der Waals surface area contributed by atoms with Crippen LogP contribution in [-0.4, -0.2) is 25.2 Å². The van der Waals surface area contributed by atoms with Crippen LogP contribution in [0, 0.1) is 0 Å². The largest absolute Gasteiger partial charge is 0.477 e. The Labute approximate surface area is 165 Å². The molecule has 0 fully saturated rings. The summed E-state index contributed by atoms with van der Waals surface area (Å²) in [5.41, 5.74) is 0.188. The SMILES string of the molecule is CCOc1ccc(-c2cccc(NS(=O)(=O)c3cccc(C(F)(F)F)c3)c2)nn1. The van der Waals surface area contributed by atoms with Crippen LogP contribution in [0.4, 0.5) is 18.9 Å². The topological polar surface area (TPSA) is 81.2 Å². The fourth-order valence-corrected chi connectivity index (χ4v) is 3.59. The van der Waals surface area contributed by atoms with Crippen molar-refractivity contribution in [2.45, 2.75) is 18.0 Å². The maximum atomic E-state index is 12.9.